The van der Waals surface area contributed by atoms with Crippen molar-refractivity contribution in [1.82, 2.24) is 24.8 Å². The molecule has 1 saturated carbocycles. The van der Waals surface area contributed by atoms with Crippen molar-refractivity contribution in [3.63, 3.8) is 0 Å². The van der Waals surface area contributed by atoms with Crippen molar-refractivity contribution in [2.45, 2.75) is 44.8 Å². The van der Waals surface area contributed by atoms with Crippen LogP contribution in [-0.4, -0.2) is 38.6 Å². The van der Waals surface area contributed by atoms with E-state index in [0.29, 0.717) is 6.04 Å². The molecule has 5 nitrogen and oxygen atoms in total. The van der Waals surface area contributed by atoms with Crippen LogP contribution < -0.4 is 5.32 Å². The normalized spacial score (nSPS) is 25.6. The van der Waals surface area contributed by atoms with Crippen LogP contribution in [0.3, 0.4) is 0 Å². The Balaban J connectivity index is 1.26. The van der Waals surface area contributed by atoms with Crippen molar-refractivity contribution in [3.05, 3.63) is 66.1 Å². The minimum Gasteiger partial charge on any atom is -0.307 e. The molecule has 0 radical (unpaired) electrons. The van der Waals surface area contributed by atoms with Crippen LogP contribution in [0, 0.1) is 11.8 Å². The molecule has 146 valence electrons. The molecule has 5 rings (SSSR count). The molecule has 0 spiro atoms. The summed E-state index contributed by atoms with van der Waals surface area (Å²) in [5.74, 6) is 2.57. The molecule has 0 bridgehead atoms. The highest BCUT2D eigenvalue weighted by Crippen LogP contribution is 2.36. The number of hydrogen-bond acceptors (Lipinski definition) is 4. The Kier molecular flexibility index (Phi) is 5.10. The van der Waals surface area contributed by atoms with Gasteiger partial charge in [-0.3, -0.25) is 9.30 Å². The standard InChI is InChI=1S/C23H29N5/c1-2-8-18(9-3-1)15-27-16-19-10-4-5-11-21(20(19)17-27)24-14-23-26-25-22-12-6-7-13-28(22)23/h1-3,6-9,12-13,19-21,24H,4-5,10-11,14-17H2/t19-,20-,21+/m0/s1. The zero-order chi connectivity index (χ0) is 18.8. The second-order valence-corrected chi connectivity index (χ2v) is 8.42. The van der Waals surface area contributed by atoms with E-state index < -0.39 is 0 Å². The topological polar surface area (TPSA) is 45.5 Å². The van der Waals surface area contributed by atoms with Gasteiger partial charge in [-0.15, -0.1) is 10.2 Å². The Morgan fingerprint density at radius 3 is 2.71 bits per heavy atom. The van der Waals surface area contributed by atoms with Gasteiger partial charge in [0, 0.05) is 31.9 Å². The molecule has 3 aromatic rings. The Bertz CT molecular complexity index is 906. The first kappa shape index (κ1) is 17.8. The lowest BCUT2D eigenvalue weighted by molar-refractivity contribution is 0.280. The van der Waals surface area contributed by atoms with Gasteiger partial charge in [-0.25, -0.2) is 0 Å². The highest BCUT2D eigenvalue weighted by molar-refractivity contribution is 5.36. The van der Waals surface area contributed by atoms with E-state index in [1.807, 2.05) is 18.2 Å². The number of aromatic nitrogens is 3. The summed E-state index contributed by atoms with van der Waals surface area (Å²) in [6.07, 6.45) is 7.41. The zero-order valence-electron chi connectivity index (χ0n) is 16.4. The van der Waals surface area contributed by atoms with Gasteiger partial charge in [0.1, 0.15) is 0 Å². The zero-order valence-corrected chi connectivity index (χ0v) is 16.4. The van der Waals surface area contributed by atoms with Gasteiger partial charge in [0.2, 0.25) is 0 Å². The van der Waals surface area contributed by atoms with E-state index in [4.69, 9.17) is 0 Å². The smallest absolute Gasteiger partial charge is 0.160 e. The first-order chi connectivity index (χ1) is 13.9. The molecule has 28 heavy (non-hydrogen) atoms. The molecule has 1 saturated heterocycles. The summed E-state index contributed by atoms with van der Waals surface area (Å²) in [6, 6.07) is 17.5. The molecule has 1 aliphatic carbocycles. The molecule has 5 heteroatoms. The van der Waals surface area contributed by atoms with Crippen LogP contribution in [0.5, 0.6) is 0 Å². The van der Waals surface area contributed by atoms with E-state index in [1.165, 1.54) is 44.3 Å². The molecule has 3 atom stereocenters. The summed E-state index contributed by atoms with van der Waals surface area (Å²) in [7, 11) is 0. The number of nitrogens with zero attached hydrogens (tertiary/aromatic N) is 4. The van der Waals surface area contributed by atoms with E-state index in [2.05, 4.69) is 61.3 Å². The molecule has 1 aliphatic heterocycles. The monoisotopic (exact) mass is 375 g/mol. The van der Waals surface area contributed by atoms with Crippen molar-refractivity contribution in [2.24, 2.45) is 11.8 Å². The predicted octanol–water partition coefficient (Wildman–Crippen LogP) is 3.51. The van der Waals surface area contributed by atoms with Gasteiger partial charge in [-0.2, -0.15) is 0 Å². The first-order valence-electron chi connectivity index (χ1n) is 10.6. The summed E-state index contributed by atoms with van der Waals surface area (Å²) < 4.78 is 2.09. The number of benzene rings is 1. The average Bonchev–Trinajstić information content (AvgIpc) is 3.27. The number of nitrogens with one attached hydrogen (secondary N) is 1. The Morgan fingerprint density at radius 2 is 1.79 bits per heavy atom. The van der Waals surface area contributed by atoms with Crippen molar-refractivity contribution in [3.8, 4) is 0 Å². The molecular weight excluding hydrogens is 346 g/mol. The van der Waals surface area contributed by atoms with Crippen molar-refractivity contribution in [2.75, 3.05) is 13.1 Å². The molecule has 2 aliphatic rings. The van der Waals surface area contributed by atoms with E-state index in [-0.39, 0.29) is 0 Å². The number of rotatable bonds is 5. The van der Waals surface area contributed by atoms with Crippen LogP contribution in [-0.2, 0) is 13.1 Å². The van der Waals surface area contributed by atoms with Gasteiger partial charge in [0.05, 0.1) is 6.54 Å². The quantitative estimate of drug-likeness (QED) is 0.741. The lowest BCUT2D eigenvalue weighted by Gasteiger charge is -2.26. The summed E-state index contributed by atoms with van der Waals surface area (Å²) in [5.41, 5.74) is 2.35. The van der Waals surface area contributed by atoms with Gasteiger partial charge in [-0.1, -0.05) is 49.2 Å². The number of likely N-dealkylation sites (tertiary alicyclic amines) is 1. The van der Waals surface area contributed by atoms with Crippen LogP contribution in [0.25, 0.3) is 5.65 Å². The van der Waals surface area contributed by atoms with Gasteiger partial charge < -0.3 is 5.32 Å². The molecule has 2 aromatic heterocycles. The molecule has 3 heterocycles. The van der Waals surface area contributed by atoms with E-state index in [1.54, 1.807) is 0 Å². The third-order valence-electron chi connectivity index (χ3n) is 6.58. The summed E-state index contributed by atoms with van der Waals surface area (Å²) in [4.78, 5) is 2.66. The Morgan fingerprint density at radius 1 is 0.929 bits per heavy atom. The van der Waals surface area contributed by atoms with E-state index >= 15 is 0 Å². The molecular formula is C23H29N5. The minimum atomic E-state index is 0.573. The molecule has 1 aromatic carbocycles. The SMILES string of the molecule is c1ccc(CN2C[C@@H]3CCCC[C@@H](NCc4nnc5ccccn45)[C@H]3C2)cc1. The van der Waals surface area contributed by atoms with E-state index in [9.17, 15) is 0 Å². The van der Waals surface area contributed by atoms with Crippen molar-refractivity contribution >= 4 is 5.65 Å². The summed E-state index contributed by atoms with van der Waals surface area (Å²) in [5, 5.41) is 12.6. The lowest BCUT2D eigenvalue weighted by atomic mass is 9.88. The van der Waals surface area contributed by atoms with Crippen LogP contribution in [0.1, 0.15) is 37.1 Å². The maximum Gasteiger partial charge on any atom is 0.160 e. The number of hydrogen-bond donors (Lipinski definition) is 1. The van der Waals surface area contributed by atoms with Gasteiger partial charge >= 0.3 is 0 Å². The second kappa shape index (κ2) is 8.02. The average molecular weight is 376 g/mol. The maximum atomic E-state index is 4.40. The molecule has 1 N–H and O–H groups in total. The largest absolute Gasteiger partial charge is 0.307 e. The van der Waals surface area contributed by atoms with Crippen LogP contribution in [0.2, 0.25) is 0 Å². The fraction of sp³-hybridized carbons (Fsp3) is 0.478. The summed E-state index contributed by atoms with van der Waals surface area (Å²) >= 11 is 0. The second-order valence-electron chi connectivity index (χ2n) is 8.42. The molecule has 0 amide bonds. The lowest BCUT2D eigenvalue weighted by Crippen LogP contribution is -2.39. The highest BCUT2D eigenvalue weighted by atomic mass is 15.3. The third kappa shape index (κ3) is 3.69. The van der Waals surface area contributed by atoms with Gasteiger partial charge in [-0.05, 0) is 42.4 Å². The van der Waals surface area contributed by atoms with Crippen LogP contribution in [0.4, 0.5) is 0 Å². The maximum absolute atomic E-state index is 4.40. The highest BCUT2D eigenvalue weighted by Gasteiger charge is 2.38. The number of pyridine rings is 1. The predicted molar refractivity (Wildman–Crippen MR) is 111 cm³/mol. The minimum absolute atomic E-state index is 0.573. The third-order valence-corrected chi connectivity index (χ3v) is 6.58. The van der Waals surface area contributed by atoms with Gasteiger partial charge in [0.25, 0.3) is 0 Å². The number of fused-ring (bicyclic) bond motifs is 2. The first-order valence-corrected chi connectivity index (χ1v) is 10.6. The van der Waals surface area contributed by atoms with Crippen molar-refractivity contribution in [1.29, 1.82) is 0 Å². The Labute approximate surface area is 166 Å². The fourth-order valence-corrected chi connectivity index (χ4v) is 5.19. The Hall–Kier alpha value is -2.24. The van der Waals surface area contributed by atoms with Gasteiger partial charge in [0.15, 0.2) is 11.5 Å². The molecule has 2 fully saturated rings. The van der Waals surface area contributed by atoms with E-state index in [0.717, 1.165) is 36.4 Å². The van der Waals surface area contributed by atoms with Crippen LogP contribution >= 0.6 is 0 Å². The van der Waals surface area contributed by atoms with Crippen molar-refractivity contribution < 1.29 is 0 Å². The summed E-state index contributed by atoms with van der Waals surface area (Å²) in [6.45, 7) is 4.32. The van der Waals surface area contributed by atoms with Crippen LogP contribution in [0.15, 0.2) is 54.7 Å². The molecule has 0 unspecified atom stereocenters. The fourth-order valence-electron chi connectivity index (χ4n) is 5.19.